The highest BCUT2D eigenvalue weighted by atomic mass is 35.5. The van der Waals surface area contributed by atoms with E-state index < -0.39 is 5.54 Å². The number of rotatable bonds is 4. The molecule has 0 aliphatic carbocycles. The van der Waals surface area contributed by atoms with Gasteiger partial charge in [-0.3, -0.25) is 4.79 Å². The highest BCUT2D eigenvalue weighted by Gasteiger charge is 2.50. The van der Waals surface area contributed by atoms with Crippen molar-refractivity contribution in [2.45, 2.75) is 44.4 Å². The molecule has 2 aliphatic heterocycles. The molecule has 162 valence electrons. The Bertz CT molecular complexity index is 1010. The Morgan fingerprint density at radius 1 is 1.19 bits per heavy atom. The van der Waals surface area contributed by atoms with Gasteiger partial charge in [-0.15, -0.1) is 0 Å². The predicted octanol–water partition coefficient (Wildman–Crippen LogP) is 4.53. The van der Waals surface area contributed by atoms with E-state index in [0.717, 1.165) is 31.6 Å². The molecule has 2 aromatic rings. The van der Waals surface area contributed by atoms with Crippen molar-refractivity contribution in [2.75, 3.05) is 24.5 Å². The molecule has 0 saturated carbocycles. The van der Waals surface area contributed by atoms with E-state index >= 15 is 0 Å². The summed E-state index contributed by atoms with van der Waals surface area (Å²) in [5.74, 6) is 0.574. The molecule has 0 radical (unpaired) electrons. The number of anilines is 1. The molecular weight excluding hydrogens is 414 g/mol. The molecule has 2 fully saturated rings. The number of hydrogen-bond donors (Lipinski definition) is 1. The van der Waals surface area contributed by atoms with Crippen molar-refractivity contribution in [3.8, 4) is 5.75 Å². The normalized spacial score (nSPS) is 20.7. The molecule has 0 unspecified atom stereocenters. The minimum Gasteiger partial charge on any atom is -0.486 e. The first kappa shape index (κ1) is 21.5. The summed E-state index contributed by atoms with van der Waals surface area (Å²) in [5.41, 5.74) is 1.65. The number of nitrogens with zero attached hydrogens (tertiary/aromatic N) is 3. The van der Waals surface area contributed by atoms with Crippen molar-refractivity contribution in [2.24, 2.45) is 0 Å². The second-order valence-corrected chi connectivity index (χ2v) is 9.07. The Hall–Kier alpha value is -2.75. The lowest BCUT2D eigenvalue weighted by Crippen LogP contribution is -2.71. The molecule has 2 saturated heterocycles. The first-order valence-electron chi connectivity index (χ1n) is 10.5. The fraction of sp³-hybridized carbons (Fsp3) is 0.417. The second-order valence-electron chi connectivity index (χ2n) is 8.67. The van der Waals surface area contributed by atoms with Gasteiger partial charge in [0.05, 0.1) is 29.8 Å². The number of benzene rings is 2. The van der Waals surface area contributed by atoms with Crippen LogP contribution in [0.4, 0.5) is 11.4 Å². The molecule has 4 rings (SSSR count). The molecule has 0 aromatic heterocycles. The van der Waals surface area contributed by atoms with Crippen LogP contribution in [0.1, 0.15) is 37.0 Å². The van der Waals surface area contributed by atoms with E-state index in [0.29, 0.717) is 28.6 Å². The van der Waals surface area contributed by atoms with E-state index in [1.165, 1.54) is 0 Å². The minimum absolute atomic E-state index is 0.0214. The number of carbonyl (C=O) groups excluding carboxylic acids is 1. The fourth-order valence-corrected chi connectivity index (χ4v) is 4.34. The van der Waals surface area contributed by atoms with Crippen molar-refractivity contribution in [1.29, 1.82) is 0 Å². The van der Waals surface area contributed by atoms with E-state index in [1.54, 1.807) is 18.2 Å². The highest BCUT2D eigenvalue weighted by Crippen LogP contribution is 2.37. The lowest BCUT2D eigenvalue weighted by atomic mass is 9.84. The zero-order chi connectivity index (χ0) is 22.2. The third-order valence-corrected chi connectivity index (χ3v) is 6.64. The van der Waals surface area contributed by atoms with Crippen LogP contribution >= 0.6 is 11.6 Å². The molecular formula is C24H26ClN3O3. The monoisotopic (exact) mass is 439 g/mol. The molecule has 6 nitrogen and oxygen atoms in total. The predicted molar refractivity (Wildman–Crippen MR) is 121 cm³/mol. The van der Waals surface area contributed by atoms with Crippen LogP contribution < -0.4 is 9.64 Å². The highest BCUT2D eigenvalue weighted by molar-refractivity contribution is 6.33. The largest absolute Gasteiger partial charge is 0.486 e. The number of ether oxygens (including phenoxy) is 1. The number of halogens is 1. The molecule has 7 heteroatoms. The summed E-state index contributed by atoms with van der Waals surface area (Å²) in [5, 5.41) is 10.0. The van der Waals surface area contributed by atoms with Gasteiger partial charge in [0, 0.05) is 24.3 Å². The number of likely N-dealkylation sites (tertiary alicyclic amines) is 1. The Morgan fingerprint density at radius 2 is 1.87 bits per heavy atom. The number of aliphatic hydroxyl groups excluding tert-OH is 1. The van der Waals surface area contributed by atoms with Crippen LogP contribution in [0.2, 0.25) is 5.02 Å². The van der Waals surface area contributed by atoms with Crippen molar-refractivity contribution < 1.29 is 14.6 Å². The van der Waals surface area contributed by atoms with Crippen LogP contribution in [0.15, 0.2) is 42.5 Å². The molecule has 1 atom stereocenters. The van der Waals surface area contributed by atoms with Crippen molar-refractivity contribution >= 4 is 28.9 Å². The zero-order valence-corrected chi connectivity index (χ0v) is 18.5. The SMILES string of the molecule is [C-]#[N+]c1ccc(O[C@H]2CN(C(=O)c3ccc(N4CCC(O)CC4)cc3)C2(C)C)cc1Cl. The molecule has 31 heavy (non-hydrogen) atoms. The summed E-state index contributed by atoms with van der Waals surface area (Å²) in [7, 11) is 0. The summed E-state index contributed by atoms with van der Waals surface area (Å²) in [6.45, 7) is 13.2. The number of amides is 1. The summed E-state index contributed by atoms with van der Waals surface area (Å²) >= 11 is 6.11. The van der Waals surface area contributed by atoms with Gasteiger partial charge < -0.3 is 19.6 Å². The maximum absolute atomic E-state index is 13.1. The zero-order valence-electron chi connectivity index (χ0n) is 17.7. The number of hydrogen-bond acceptors (Lipinski definition) is 4. The Balaban J connectivity index is 1.39. The van der Waals surface area contributed by atoms with E-state index in [1.807, 2.05) is 43.0 Å². The van der Waals surface area contributed by atoms with E-state index in [4.69, 9.17) is 22.9 Å². The van der Waals surface area contributed by atoms with Crippen LogP contribution in [0.5, 0.6) is 5.75 Å². The Kier molecular flexibility index (Phi) is 5.83. The first-order chi connectivity index (χ1) is 14.8. The summed E-state index contributed by atoms with van der Waals surface area (Å²) in [6, 6.07) is 12.7. The quantitative estimate of drug-likeness (QED) is 0.711. The Morgan fingerprint density at radius 3 is 2.45 bits per heavy atom. The van der Waals surface area contributed by atoms with Crippen molar-refractivity contribution in [1.82, 2.24) is 4.90 Å². The minimum atomic E-state index is -0.469. The number of aliphatic hydroxyl groups is 1. The molecule has 0 spiro atoms. The third kappa shape index (κ3) is 4.21. The van der Waals surface area contributed by atoms with Crippen LogP contribution in [0, 0.1) is 6.57 Å². The topological polar surface area (TPSA) is 57.4 Å². The molecule has 2 aliphatic rings. The van der Waals surface area contributed by atoms with E-state index in [2.05, 4.69) is 9.74 Å². The van der Waals surface area contributed by atoms with Gasteiger partial charge in [-0.2, -0.15) is 0 Å². The van der Waals surface area contributed by atoms with Gasteiger partial charge in [0.1, 0.15) is 11.9 Å². The summed E-state index contributed by atoms with van der Waals surface area (Å²) in [6.07, 6.45) is 1.18. The number of carbonyl (C=O) groups is 1. The summed E-state index contributed by atoms with van der Waals surface area (Å²) in [4.78, 5) is 20.5. The van der Waals surface area contributed by atoms with E-state index in [-0.39, 0.29) is 18.1 Å². The van der Waals surface area contributed by atoms with Gasteiger partial charge in [-0.1, -0.05) is 17.7 Å². The van der Waals surface area contributed by atoms with Gasteiger partial charge >= 0.3 is 0 Å². The maximum Gasteiger partial charge on any atom is 0.254 e. The average molecular weight is 440 g/mol. The second kappa shape index (κ2) is 8.41. The molecule has 2 aromatic carbocycles. The smallest absolute Gasteiger partial charge is 0.254 e. The third-order valence-electron chi connectivity index (χ3n) is 6.34. The molecule has 1 N–H and O–H groups in total. The Labute approximate surface area is 187 Å². The molecule has 1 amide bonds. The van der Waals surface area contributed by atoms with Crippen LogP contribution in [-0.4, -0.2) is 53.3 Å². The maximum atomic E-state index is 13.1. The lowest BCUT2D eigenvalue weighted by molar-refractivity contribution is -0.0788. The van der Waals surface area contributed by atoms with Gasteiger partial charge in [0.25, 0.3) is 5.91 Å². The number of piperidine rings is 1. The van der Waals surface area contributed by atoms with Crippen molar-refractivity contribution in [3.63, 3.8) is 0 Å². The van der Waals surface area contributed by atoms with Crippen LogP contribution in [0.3, 0.4) is 0 Å². The first-order valence-corrected chi connectivity index (χ1v) is 10.9. The van der Waals surface area contributed by atoms with E-state index in [9.17, 15) is 9.90 Å². The summed E-state index contributed by atoms with van der Waals surface area (Å²) < 4.78 is 6.06. The van der Waals surface area contributed by atoms with Gasteiger partial charge in [-0.05, 0) is 63.1 Å². The van der Waals surface area contributed by atoms with Gasteiger partial charge in [-0.25, -0.2) is 4.85 Å². The lowest BCUT2D eigenvalue weighted by Gasteiger charge is -2.54. The molecule has 2 heterocycles. The van der Waals surface area contributed by atoms with Crippen molar-refractivity contribution in [3.05, 3.63) is 64.5 Å². The van der Waals surface area contributed by atoms with Gasteiger partial charge in [0.2, 0.25) is 5.69 Å². The van der Waals surface area contributed by atoms with Crippen LogP contribution in [0.25, 0.3) is 4.85 Å². The standard InChI is InChI=1S/C24H26ClN3O3/c1-24(2)22(31-19-8-9-21(26-3)20(25)14-19)15-28(24)23(30)16-4-6-17(7-5-16)27-12-10-18(29)11-13-27/h4-9,14,18,22,29H,10-13,15H2,1-2H3/t22-/m0/s1. The van der Waals surface area contributed by atoms with Crippen LogP contribution in [-0.2, 0) is 0 Å². The average Bonchev–Trinajstić information content (AvgIpc) is 2.77. The molecule has 0 bridgehead atoms. The van der Waals surface area contributed by atoms with Gasteiger partial charge in [0.15, 0.2) is 0 Å². The fourth-order valence-electron chi connectivity index (χ4n) is 4.12.